The largest absolute Gasteiger partial charge is 0.373 e. The molecule has 0 bridgehead atoms. The van der Waals surface area contributed by atoms with E-state index in [9.17, 15) is 0 Å². The standard InChI is InChI=1S/C6H12N2.C4H10.C2H6/c1-6(2)8-4-3-7-5-8;1-4(2)3;1-2/h3-4,6-7H,5H2,1-2H3;4H,1-3H3;1-2H3. The lowest BCUT2D eigenvalue weighted by Gasteiger charge is -2.18. The number of hydrogen-bond donors (Lipinski definition) is 1. The smallest absolute Gasteiger partial charge is 0.0870 e. The molecule has 0 unspecified atom stereocenters. The van der Waals surface area contributed by atoms with Gasteiger partial charge in [-0.2, -0.15) is 0 Å². The van der Waals surface area contributed by atoms with Gasteiger partial charge in [0.25, 0.3) is 0 Å². The fourth-order valence-corrected chi connectivity index (χ4v) is 0.714. The summed E-state index contributed by atoms with van der Waals surface area (Å²) in [6.45, 7) is 15.8. The molecular weight excluding hydrogens is 172 g/mol. The summed E-state index contributed by atoms with van der Waals surface area (Å²) in [5.41, 5.74) is 0. The number of rotatable bonds is 1. The molecular formula is C12H28N2. The van der Waals surface area contributed by atoms with Crippen molar-refractivity contribution in [3.05, 3.63) is 12.4 Å². The summed E-state index contributed by atoms with van der Waals surface area (Å²) in [6, 6.07) is 0.626. The van der Waals surface area contributed by atoms with E-state index in [0.29, 0.717) is 6.04 Å². The monoisotopic (exact) mass is 200 g/mol. The number of nitrogens with one attached hydrogen (secondary N) is 1. The van der Waals surface area contributed by atoms with Gasteiger partial charge in [-0.3, -0.25) is 0 Å². The predicted molar refractivity (Wildman–Crippen MR) is 66.0 cm³/mol. The van der Waals surface area contributed by atoms with E-state index in [1.165, 1.54) is 0 Å². The summed E-state index contributed by atoms with van der Waals surface area (Å²) in [5, 5.41) is 3.10. The van der Waals surface area contributed by atoms with Gasteiger partial charge in [0.15, 0.2) is 0 Å². The van der Waals surface area contributed by atoms with Crippen LogP contribution in [0.3, 0.4) is 0 Å². The Labute approximate surface area is 90.4 Å². The lowest BCUT2D eigenvalue weighted by Crippen LogP contribution is -2.27. The summed E-state index contributed by atoms with van der Waals surface area (Å²) in [5.74, 6) is 0.833. The fourth-order valence-electron chi connectivity index (χ4n) is 0.714. The first-order valence-corrected chi connectivity index (χ1v) is 5.69. The molecule has 0 saturated heterocycles. The molecule has 2 heteroatoms. The van der Waals surface area contributed by atoms with Crippen molar-refractivity contribution < 1.29 is 0 Å². The highest BCUT2D eigenvalue weighted by molar-refractivity contribution is 4.88. The second kappa shape index (κ2) is 10.4. The molecule has 0 aliphatic carbocycles. The molecule has 0 amide bonds. The van der Waals surface area contributed by atoms with Crippen molar-refractivity contribution in [1.29, 1.82) is 0 Å². The first kappa shape index (κ1) is 15.8. The molecule has 1 aliphatic rings. The second-order valence-electron chi connectivity index (χ2n) is 4.02. The van der Waals surface area contributed by atoms with Crippen LogP contribution in [0.25, 0.3) is 0 Å². The SMILES string of the molecule is CC.CC(C)C.CC(C)N1C=CNC1. The van der Waals surface area contributed by atoms with Gasteiger partial charge >= 0.3 is 0 Å². The molecule has 0 atom stereocenters. The summed E-state index contributed by atoms with van der Waals surface area (Å²) in [4.78, 5) is 2.24. The minimum Gasteiger partial charge on any atom is -0.373 e. The van der Waals surface area contributed by atoms with Crippen LogP contribution in [-0.2, 0) is 0 Å². The molecule has 0 saturated carbocycles. The molecule has 0 spiro atoms. The summed E-state index contributed by atoms with van der Waals surface area (Å²) in [7, 11) is 0. The summed E-state index contributed by atoms with van der Waals surface area (Å²) in [6.07, 6.45) is 4.05. The average Bonchev–Trinajstić information content (AvgIpc) is 2.58. The maximum Gasteiger partial charge on any atom is 0.0870 e. The topological polar surface area (TPSA) is 15.3 Å². The second-order valence-corrected chi connectivity index (χ2v) is 4.02. The van der Waals surface area contributed by atoms with E-state index in [1.807, 2.05) is 20.0 Å². The number of hydrogen-bond acceptors (Lipinski definition) is 2. The molecule has 0 aromatic rings. The van der Waals surface area contributed by atoms with Crippen LogP contribution in [0.1, 0.15) is 48.5 Å². The van der Waals surface area contributed by atoms with Crippen LogP contribution in [0.4, 0.5) is 0 Å². The van der Waals surface area contributed by atoms with Gasteiger partial charge in [-0.15, -0.1) is 0 Å². The minimum atomic E-state index is 0.626. The van der Waals surface area contributed by atoms with Crippen LogP contribution in [0, 0.1) is 5.92 Å². The third-order valence-electron chi connectivity index (χ3n) is 1.32. The van der Waals surface area contributed by atoms with Gasteiger partial charge in [-0.05, 0) is 19.8 Å². The third kappa shape index (κ3) is 11.3. The highest BCUT2D eigenvalue weighted by atomic mass is 15.3. The Hall–Kier alpha value is -0.660. The van der Waals surface area contributed by atoms with Crippen molar-refractivity contribution in [2.45, 2.75) is 54.5 Å². The highest BCUT2D eigenvalue weighted by Crippen LogP contribution is 1.99. The van der Waals surface area contributed by atoms with Crippen LogP contribution in [-0.4, -0.2) is 17.6 Å². The zero-order chi connectivity index (χ0) is 11.6. The first-order chi connectivity index (χ1) is 6.54. The maximum atomic E-state index is 3.10. The van der Waals surface area contributed by atoms with E-state index in [0.717, 1.165) is 12.6 Å². The van der Waals surface area contributed by atoms with Gasteiger partial charge in [0.2, 0.25) is 0 Å². The lowest BCUT2D eigenvalue weighted by molar-refractivity contribution is 0.324. The Bertz CT molecular complexity index is 126. The van der Waals surface area contributed by atoms with Gasteiger partial charge in [-0.25, -0.2) is 0 Å². The Morgan fingerprint density at radius 3 is 1.64 bits per heavy atom. The molecule has 0 fully saturated rings. The van der Waals surface area contributed by atoms with Gasteiger partial charge in [-0.1, -0.05) is 34.6 Å². The molecule has 14 heavy (non-hydrogen) atoms. The molecule has 2 nitrogen and oxygen atoms in total. The van der Waals surface area contributed by atoms with Crippen LogP contribution in [0.2, 0.25) is 0 Å². The molecule has 1 rings (SSSR count). The van der Waals surface area contributed by atoms with Crippen molar-refractivity contribution in [1.82, 2.24) is 10.2 Å². The Morgan fingerprint density at radius 2 is 1.50 bits per heavy atom. The predicted octanol–water partition coefficient (Wildman–Crippen LogP) is 3.42. The normalized spacial score (nSPS) is 13.1. The lowest BCUT2D eigenvalue weighted by atomic mass is 10.3. The van der Waals surface area contributed by atoms with Crippen LogP contribution >= 0.6 is 0 Å². The molecule has 0 radical (unpaired) electrons. The summed E-state index contributed by atoms with van der Waals surface area (Å²) < 4.78 is 0. The molecule has 0 aromatic heterocycles. The maximum absolute atomic E-state index is 3.10. The van der Waals surface area contributed by atoms with Gasteiger partial charge in [0.05, 0.1) is 6.67 Å². The molecule has 1 N–H and O–H groups in total. The molecule has 86 valence electrons. The Morgan fingerprint density at radius 1 is 1.07 bits per heavy atom. The van der Waals surface area contributed by atoms with Crippen LogP contribution in [0.15, 0.2) is 12.4 Å². The zero-order valence-electron chi connectivity index (χ0n) is 11.0. The summed E-state index contributed by atoms with van der Waals surface area (Å²) >= 11 is 0. The van der Waals surface area contributed by atoms with Crippen molar-refractivity contribution in [2.75, 3.05) is 6.67 Å². The van der Waals surface area contributed by atoms with E-state index < -0.39 is 0 Å². The van der Waals surface area contributed by atoms with E-state index >= 15 is 0 Å². The quantitative estimate of drug-likeness (QED) is 0.698. The van der Waals surface area contributed by atoms with Crippen molar-refractivity contribution in [3.63, 3.8) is 0 Å². The van der Waals surface area contributed by atoms with Crippen LogP contribution < -0.4 is 5.32 Å². The fraction of sp³-hybridized carbons (Fsp3) is 0.833. The first-order valence-electron chi connectivity index (χ1n) is 5.69. The number of nitrogens with zero attached hydrogens (tertiary/aromatic N) is 1. The van der Waals surface area contributed by atoms with Crippen molar-refractivity contribution >= 4 is 0 Å². The molecule has 1 heterocycles. The zero-order valence-corrected chi connectivity index (χ0v) is 11.0. The van der Waals surface area contributed by atoms with E-state index in [1.54, 1.807) is 0 Å². The van der Waals surface area contributed by atoms with Crippen molar-refractivity contribution in [2.24, 2.45) is 5.92 Å². The third-order valence-corrected chi connectivity index (χ3v) is 1.32. The molecule has 1 aliphatic heterocycles. The highest BCUT2D eigenvalue weighted by Gasteiger charge is 2.04. The van der Waals surface area contributed by atoms with E-state index in [-0.39, 0.29) is 0 Å². The average molecular weight is 200 g/mol. The Kier molecular flexibility index (Phi) is 11.8. The van der Waals surface area contributed by atoms with E-state index in [4.69, 9.17) is 0 Å². The van der Waals surface area contributed by atoms with Gasteiger partial charge in [0.1, 0.15) is 0 Å². The van der Waals surface area contributed by atoms with E-state index in [2.05, 4.69) is 51.0 Å². The van der Waals surface area contributed by atoms with Crippen molar-refractivity contribution in [3.8, 4) is 0 Å². The van der Waals surface area contributed by atoms with Crippen LogP contribution in [0.5, 0.6) is 0 Å². The molecule has 0 aromatic carbocycles. The van der Waals surface area contributed by atoms with Gasteiger partial charge in [0, 0.05) is 18.4 Å². The minimum absolute atomic E-state index is 0.626. The van der Waals surface area contributed by atoms with Gasteiger partial charge < -0.3 is 10.2 Å². The Balaban J connectivity index is 0.